The second-order valence-electron chi connectivity index (χ2n) is 4.59. The van der Waals surface area contributed by atoms with Crippen LogP contribution in [0.15, 0.2) is 42.5 Å². The van der Waals surface area contributed by atoms with Crippen LogP contribution in [-0.4, -0.2) is 18.8 Å². The number of ether oxygens (including phenoxy) is 1. The molecule has 0 atom stereocenters. The van der Waals surface area contributed by atoms with E-state index in [1.807, 2.05) is 0 Å². The molecule has 21 heavy (non-hydrogen) atoms. The van der Waals surface area contributed by atoms with Crippen LogP contribution in [0.4, 0.5) is 11.4 Å². The van der Waals surface area contributed by atoms with Crippen molar-refractivity contribution in [2.24, 2.45) is 0 Å². The van der Waals surface area contributed by atoms with Crippen molar-refractivity contribution < 1.29 is 14.3 Å². The molecular formula is C16H16N2O3. The van der Waals surface area contributed by atoms with Crippen LogP contribution in [0, 0.1) is 0 Å². The summed E-state index contributed by atoms with van der Waals surface area (Å²) in [6.07, 6.45) is 0. The number of methoxy groups -OCH3 is 1. The molecule has 1 amide bonds. The Morgan fingerprint density at radius 2 is 1.86 bits per heavy atom. The standard InChI is InChI=1S/C16H16N2O3/c1-10(19)11-4-3-5-14(7-11)18-16(20)12-6-13(17)9-15(8-12)21-2/h3-9H,17H2,1-2H3,(H,18,20). The number of nitrogens with two attached hydrogens (primary N) is 1. The van der Waals surface area contributed by atoms with E-state index < -0.39 is 0 Å². The Bertz CT molecular complexity index is 696. The molecule has 0 saturated carbocycles. The Morgan fingerprint density at radius 3 is 2.52 bits per heavy atom. The predicted molar refractivity (Wildman–Crippen MR) is 81.8 cm³/mol. The molecule has 108 valence electrons. The van der Waals surface area contributed by atoms with Crippen molar-refractivity contribution >= 4 is 23.1 Å². The first-order valence-corrected chi connectivity index (χ1v) is 6.36. The molecule has 0 saturated heterocycles. The van der Waals surface area contributed by atoms with Crippen molar-refractivity contribution in [1.29, 1.82) is 0 Å². The highest BCUT2D eigenvalue weighted by Crippen LogP contribution is 2.20. The number of benzene rings is 2. The number of ketones is 1. The van der Waals surface area contributed by atoms with Gasteiger partial charge in [-0.15, -0.1) is 0 Å². The molecule has 0 radical (unpaired) electrons. The fourth-order valence-corrected chi connectivity index (χ4v) is 1.89. The SMILES string of the molecule is COc1cc(N)cc(C(=O)Nc2cccc(C(C)=O)c2)c1. The van der Waals surface area contributed by atoms with Gasteiger partial charge in [-0.2, -0.15) is 0 Å². The lowest BCUT2D eigenvalue weighted by Crippen LogP contribution is -2.12. The predicted octanol–water partition coefficient (Wildman–Crippen LogP) is 2.73. The Kier molecular flexibility index (Phi) is 4.23. The monoisotopic (exact) mass is 284 g/mol. The van der Waals surface area contributed by atoms with Gasteiger partial charge in [-0.05, 0) is 31.2 Å². The quantitative estimate of drug-likeness (QED) is 0.668. The van der Waals surface area contributed by atoms with Gasteiger partial charge in [0.2, 0.25) is 0 Å². The van der Waals surface area contributed by atoms with Crippen molar-refractivity contribution in [3.63, 3.8) is 0 Å². The fourth-order valence-electron chi connectivity index (χ4n) is 1.89. The number of rotatable bonds is 4. The highest BCUT2D eigenvalue weighted by atomic mass is 16.5. The molecule has 0 unspecified atom stereocenters. The maximum absolute atomic E-state index is 12.2. The zero-order valence-corrected chi connectivity index (χ0v) is 11.8. The molecule has 5 heteroatoms. The van der Waals surface area contributed by atoms with Crippen molar-refractivity contribution in [2.75, 3.05) is 18.2 Å². The summed E-state index contributed by atoms with van der Waals surface area (Å²) < 4.78 is 5.08. The van der Waals surface area contributed by atoms with E-state index in [1.54, 1.807) is 42.5 Å². The van der Waals surface area contributed by atoms with E-state index in [9.17, 15) is 9.59 Å². The van der Waals surface area contributed by atoms with Crippen LogP contribution in [0.5, 0.6) is 5.75 Å². The van der Waals surface area contributed by atoms with Gasteiger partial charge in [0, 0.05) is 28.6 Å². The van der Waals surface area contributed by atoms with Gasteiger partial charge in [0.1, 0.15) is 5.75 Å². The third-order valence-electron chi connectivity index (χ3n) is 2.95. The van der Waals surface area contributed by atoms with Gasteiger partial charge in [-0.3, -0.25) is 9.59 Å². The van der Waals surface area contributed by atoms with Gasteiger partial charge < -0.3 is 15.8 Å². The number of nitrogens with one attached hydrogen (secondary N) is 1. The molecule has 5 nitrogen and oxygen atoms in total. The molecule has 0 bridgehead atoms. The van der Waals surface area contributed by atoms with E-state index in [0.717, 1.165) is 0 Å². The number of hydrogen-bond donors (Lipinski definition) is 2. The molecule has 0 aliphatic rings. The lowest BCUT2D eigenvalue weighted by molar-refractivity contribution is 0.101. The number of carbonyl (C=O) groups excluding carboxylic acids is 2. The molecule has 2 aromatic rings. The number of nitrogen functional groups attached to an aromatic ring is 1. The van der Waals surface area contributed by atoms with Crippen LogP contribution in [0.25, 0.3) is 0 Å². The first-order valence-electron chi connectivity index (χ1n) is 6.36. The second kappa shape index (κ2) is 6.09. The first kappa shape index (κ1) is 14.6. The smallest absolute Gasteiger partial charge is 0.255 e. The minimum atomic E-state index is -0.318. The van der Waals surface area contributed by atoms with Gasteiger partial charge in [-0.25, -0.2) is 0 Å². The summed E-state index contributed by atoms with van der Waals surface area (Å²) in [7, 11) is 1.51. The third-order valence-corrected chi connectivity index (χ3v) is 2.95. The summed E-state index contributed by atoms with van der Waals surface area (Å²) >= 11 is 0. The van der Waals surface area contributed by atoms with E-state index in [2.05, 4.69) is 5.32 Å². The molecule has 0 fully saturated rings. The number of amides is 1. The third kappa shape index (κ3) is 3.60. The summed E-state index contributed by atoms with van der Waals surface area (Å²) in [6, 6.07) is 11.5. The van der Waals surface area contributed by atoms with Gasteiger partial charge in [0.05, 0.1) is 7.11 Å². The Balaban J connectivity index is 2.23. The van der Waals surface area contributed by atoms with Gasteiger partial charge >= 0.3 is 0 Å². The molecule has 0 aromatic heterocycles. The normalized spacial score (nSPS) is 10.0. The summed E-state index contributed by atoms with van der Waals surface area (Å²) in [5.74, 6) is 0.135. The number of carbonyl (C=O) groups is 2. The maximum atomic E-state index is 12.2. The van der Waals surface area contributed by atoms with Gasteiger partial charge in [0.15, 0.2) is 5.78 Å². The molecule has 0 aliphatic carbocycles. The van der Waals surface area contributed by atoms with Crippen LogP contribution in [0.1, 0.15) is 27.6 Å². The Morgan fingerprint density at radius 1 is 1.10 bits per heavy atom. The maximum Gasteiger partial charge on any atom is 0.255 e. The van der Waals surface area contributed by atoms with Crippen LogP contribution >= 0.6 is 0 Å². The summed E-state index contributed by atoms with van der Waals surface area (Å²) in [6.45, 7) is 1.48. The zero-order valence-electron chi connectivity index (χ0n) is 11.8. The minimum absolute atomic E-state index is 0.0586. The van der Waals surface area contributed by atoms with Gasteiger partial charge in [-0.1, -0.05) is 12.1 Å². The molecule has 2 aromatic carbocycles. The van der Waals surface area contributed by atoms with Crippen molar-refractivity contribution in [3.8, 4) is 5.75 Å². The average Bonchev–Trinajstić information content (AvgIpc) is 2.46. The summed E-state index contributed by atoms with van der Waals surface area (Å²) in [5, 5.41) is 2.73. The van der Waals surface area contributed by atoms with Crippen LogP contribution in [0.2, 0.25) is 0 Å². The largest absolute Gasteiger partial charge is 0.497 e. The van der Waals surface area contributed by atoms with E-state index in [0.29, 0.717) is 28.3 Å². The average molecular weight is 284 g/mol. The van der Waals surface area contributed by atoms with Crippen LogP contribution in [-0.2, 0) is 0 Å². The molecule has 0 spiro atoms. The molecular weight excluding hydrogens is 268 g/mol. The topological polar surface area (TPSA) is 81.4 Å². The minimum Gasteiger partial charge on any atom is -0.497 e. The lowest BCUT2D eigenvalue weighted by atomic mass is 10.1. The molecule has 3 N–H and O–H groups in total. The van der Waals surface area contributed by atoms with Crippen LogP contribution < -0.4 is 15.8 Å². The molecule has 2 rings (SSSR count). The van der Waals surface area contributed by atoms with E-state index >= 15 is 0 Å². The zero-order chi connectivity index (χ0) is 15.4. The number of hydrogen-bond acceptors (Lipinski definition) is 4. The number of anilines is 2. The molecule has 0 heterocycles. The van der Waals surface area contributed by atoms with E-state index in [1.165, 1.54) is 14.0 Å². The summed E-state index contributed by atoms with van der Waals surface area (Å²) in [4.78, 5) is 23.5. The number of Topliss-reactive ketones (excluding diaryl/α,β-unsaturated/α-hetero) is 1. The Labute approximate surface area is 122 Å². The first-order chi connectivity index (χ1) is 9.99. The van der Waals surface area contributed by atoms with Crippen molar-refractivity contribution in [1.82, 2.24) is 0 Å². The van der Waals surface area contributed by atoms with Crippen LogP contribution in [0.3, 0.4) is 0 Å². The molecule has 0 aliphatic heterocycles. The van der Waals surface area contributed by atoms with Crippen molar-refractivity contribution in [2.45, 2.75) is 6.92 Å². The highest BCUT2D eigenvalue weighted by molar-refractivity contribution is 6.05. The van der Waals surface area contributed by atoms with Gasteiger partial charge in [0.25, 0.3) is 5.91 Å². The van der Waals surface area contributed by atoms with Crippen molar-refractivity contribution in [3.05, 3.63) is 53.6 Å². The second-order valence-corrected chi connectivity index (χ2v) is 4.59. The van der Waals surface area contributed by atoms with E-state index in [4.69, 9.17) is 10.5 Å². The van der Waals surface area contributed by atoms with E-state index in [-0.39, 0.29) is 11.7 Å². The lowest BCUT2D eigenvalue weighted by Gasteiger charge is -2.08. The fraction of sp³-hybridized carbons (Fsp3) is 0.125. The summed E-state index contributed by atoms with van der Waals surface area (Å²) in [5.41, 5.74) is 7.65. The highest BCUT2D eigenvalue weighted by Gasteiger charge is 2.10. The Hall–Kier alpha value is -2.82.